The molecule has 0 amide bonds. The Kier molecular flexibility index (Phi) is 4.53. The van der Waals surface area contributed by atoms with Crippen molar-refractivity contribution in [3.05, 3.63) is 35.4 Å². The van der Waals surface area contributed by atoms with Gasteiger partial charge in [-0.15, -0.1) is 0 Å². The van der Waals surface area contributed by atoms with Gasteiger partial charge >= 0.3 is 0 Å². The molecule has 5 N–H and O–H groups in total. The van der Waals surface area contributed by atoms with Crippen molar-refractivity contribution in [2.75, 3.05) is 0 Å². The van der Waals surface area contributed by atoms with E-state index in [0.717, 1.165) is 0 Å². The summed E-state index contributed by atoms with van der Waals surface area (Å²) in [5.41, 5.74) is 11.7. The maximum absolute atomic E-state index is 6.06. The highest BCUT2D eigenvalue weighted by Gasteiger charge is 1.83. The minimum atomic E-state index is -0.333. The molecule has 0 fully saturated rings. The zero-order valence-corrected chi connectivity index (χ0v) is 7.46. The van der Waals surface area contributed by atoms with E-state index in [-0.39, 0.29) is 5.96 Å². The van der Waals surface area contributed by atoms with E-state index in [2.05, 4.69) is 49.6 Å². The smallest absolute Gasteiger partial charge is 0.183 e. The molecule has 0 bridgehead atoms. The Morgan fingerprint density at radius 1 is 1.08 bits per heavy atom. The van der Waals surface area contributed by atoms with Gasteiger partial charge in [-0.2, -0.15) is 0 Å². The predicted molar refractivity (Wildman–Crippen MR) is 52.0 cm³/mol. The fourth-order valence-electron chi connectivity index (χ4n) is 0.663. The van der Waals surface area contributed by atoms with E-state index in [1.54, 1.807) is 0 Å². The first kappa shape index (κ1) is 10.5. The molecule has 0 heterocycles. The molecule has 3 heteroatoms. The van der Waals surface area contributed by atoms with E-state index in [4.69, 9.17) is 5.41 Å². The second-order valence-corrected chi connectivity index (χ2v) is 2.54. The number of benzene rings is 1. The van der Waals surface area contributed by atoms with Gasteiger partial charge in [0.05, 0.1) is 0 Å². The van der Waals surface area contributed by atoms with Crippen molar-refractivity contribution in [2.24, 2.45) is 11.5 Å². The molecule has 0 aliphatic heterocycles. The summed E-state index contributed by atoms with van der Waals surface area (Å²) >= 11 is 0. The average molecular weight is 165 g/mol. The third-order valence-electron chi connectivity index (χ3n) is 1.43. The molecule has 0 aliphatic carbocycles. The van der Waals surface area contributed by atoms with Gasteiger partial charge in [0, 0.05) is 0 Å². The van der Waals surface area contributed by atoms with Crippen molar-refractivity contribution < 1.29 is 0 Å². The molecular formula is C9H15N3. The maximum atomic E-state index is 6.06. The zero-order chi connectivity index (χ0) is 9.56. The highest BCUT2D eigenvalue weighted by Crippen LogP contribution is 2.02. The fourth-order valence-corrected chi connectivity index (χ4v) is 0.663. The summed E-state index contributed by atoms with van der Waals surface area (Å²) in [5.74, 6) is -0.333. The summed E-state index contributed by atoms with van der Waals surface area (Å²) in [4.78, 5) is 0. The topological polar surface area (TPSA) is 75.9 Å². The molecule has 0 unspecified atom stereocenters. The molecule has 0 aromatic heterocycles. The first-order chi connectivity index (χ1) is 5.54. The Labute approximate surface area is 72.9 Å². The molecule has 1 aromatic carbocycles. The average Bonchev–Trinajstić information content (AvgIpc) is 1.94. The summed E-state index contributed by atoms with van der Waals surface area (Å²) in [7, 11) is 0. The van der Waals surface area contributed by atoms with Gasteiger partial charge in [-0.3, -0.25) is 5.41 Å². The van der Waals surface area contributed by atoms with Crippen molar-refractivity contribution in [1.29, 1.82) is 5.41 Å². The van der Waals surface area contributed by atoms with Crippen molar-refractivity contribution in [3.8, 4) is 0 Å². The number of hydrogen-bond acceptors (Lipinski definition) is 1. The van der Waals surface area contributed by atoms with Crippen LogP contribution in [0.15, 0.2) is 24.3 Å². The molecule has 0 spiro atoms. The summed E-state index contributed by atoms with van der Waals surface area (Å²) in [6.45, 7) is 4.24. The van der Waals surface area contributed by atoms with Gasteiger partial charge in [0.1, 0.15) is 0 Å². The van der Waals surface area contributed by atoms with Crippen LogP contribution in [0.25, 0.3) is 0 Å². The Balaban J connectivity index is 0.000000261. The predicted octanol–water partition coefficient (Wildman–Crippen LogP) is 1.14. The van der Waals surface area contributed by atoms with Crippen LogP contribution in [0.2, 0.25) is 0 Å². The quantitative estimate of drug-likeness (QED) is 0.398. The first-order valence-corrected chi connectivity index (χ1v) is 3.65. The van der Waals surface area contributed by atoms with Crippen LogP contribution in [0.5, 0.6) is 0 Å². The Bertz CT molecular complexity index is 231. The van der Waals surface area contributed by atoms with Crippen LogP contribution in [0, 0.1) is 19.3 Å². The van der Waals surface area contributed by atoms with E-state index in [1.807, 2.05) is 0 Å². The van der Waals surface area contributed by atoms with Gasteiger partial charge in [-0.1, -0.05) is 24.3 Å². The lowest BCUT2D eigenvalue weighted by molar-refractivity contribution is 1.34. The molecule has 3 nitrogen and oxygen atoms in total. The normalized spacial score (nSPS) is 8.17. The van der Waals surface area contributed by atoms with E-state index < -0.39 is 0 Å². The van der Waals surface area contributed by atoms with Gasteiger partial charge in [0.15, 0.2) is 5.96 Å². The number of rotatable bonds is 0. The number of nitrogens with one attached hydrogen (secondary N) is 1. The molecule has 0 saturated carbocycles. The first-order valence-electron chi connectivity index (χ1n) is 3.65. The van der Waals surface area contributed by atoms with Crippen molar-refractivity contribution in [3.63, 3.8) is 0 Å². The van der Waals surface area contributed by atoms with Crippen LogP contribution < -0.4 is 11.5 Å². The largest absolute Gasteiger partial charge is 0.370 e. The molecule has 12 heavy (non-hydrogen) atoms. The Morgan fingerprint density at radius 2 is 1.33 bits per heavy atom. The number of guanidine groups is 1. The van der Waals surface area contributed by atoms with Gasteiger partial charge in [-0.25, -0.2) is 0 Å². The van der Waals surface area contributed by atoms with E-state index in [1.165, 1.54) is 11.1 Å². The highest BCUT2D eigenvalue weighted by molar-refractivity contribution is 5.71. The van der Waals surface area contributed by atoms with E-state index in [0.29, 0.717) is 0 Å². The lowest BCUT2D eigenvalue weighted by Gasteiger charge is -1.93. The summed E-state index contributed by atoms with van der Waals surface area (Å²) in [6, 6.07) is 8.36. The number of aryl methyl sites for hydroxylation is 2. The van der Waals surface area contributed by atoms with Crippen molar-refractivity contribution >= 4 is 5.96 Å². The van der Waals surface area contributed by atoms with Crippen LogP contribution >= 0.6 is 0 Å². The van der Waals surface area contributed by atoms with E-state index in [9.17, 15) is 0 Å². The molecule has 0 aliphatic rings. The molecule has 0 radical (unpaired) electrons. The van der Waals surface area contributed by atoms with Gasteiger partial charge in [0.25, 0.3) is 0 Å². The standard InChI is InChI=1S/C8H10.CH5N3/c1-7-5-3-4-6-8(7)2;2-1(3)4/h3-6H,1-2H3;(H5,2,3,4). The molecule has 1 rings (SSSR count). The number of hydrogen-bond donors (Lipinski definition) is 3. The molecule has 0 saturated heterocycles. The lowest BCUT2D eigenvalue weighted by atomic mass is 10.1. The Morgan fingerprint density at radius 3 is 1.50 bits per heavy atom. The van der Waals surface area contributed by atoms with Crippen LogP contribution in [0.4, 0.5) is 0 Å². The third-order valence-corrected chi connectivity index (χ3v) is 1.43. The summed E-state index contributed by atoms with van der Waals surface area (Å²) in [5, 5.41) is 6.06. The van der Waals surface area contributed by atoms with Crippen molar-refractivity contribution in [1.82, 2.24) is 0 Å². The SMILES string of the molecule is Cc1ccccc1C.N=C(N)N. The molecule has 1 aromatic rings. The van der Waals surface area contributed by atoms with Crippen LogP contribution in [0.3, 0.4) is 0 Å². The summed E-state index contributed by atoms with van der Waals surface area (Å²) in [6.07, 6.45) is 0. The minimum Gasteiger partial charge on any atom is -0.370 e. The van der Waals surface area contributed by atoms with Crippen molar-refractivity contribution in [2.45, 2.75) is 13.8 Å². The second-order valence-electron chi connectivity index (χ2n) is 2.54. The molecular weight excluding hydrogens is 150 g/mol. The fraction of sp³-hybridized carbons (Fsp3) is 0.222. The van der Waals surface area contributed by atoms with Crippen LogP contribution in [0.1, 0.15) is 11.1 Å². The zero-order valence-electron chi connectivity index (χ0n) is 7.46. The van der Waals surface area contributed by atoms with E-state index >= 15 is 0 Å². The molecule has 0 atom stereocenters. The molecule has 66 valence electrons. The second kappa shape index (κ2) is 5.18. The van der Waals surface area contributed by atoms with Gasteiger partial charge in [-0.05, 0) is 25.0 Å². The summed E-state index contributed by atoms with van der Waals surface area (Å²) < 4.78 is 0. The van der Waals surface area contributed by atoms with Crippen LogP contribution in [-0.2, 0) is 0 Å². The van der Waals surface area contributed by atoms with Crippen LogP contribution in [-0.4, -0.2) is 5.96 Å². The monoisotopic (exact) mass is 165 g/mol. The lowest BCUT2D eigenvalue weighted by Crippen LogP contribution is -2.20. The third kappa shape index (κ3) is 5.29. The Hall–Kier alpha value is -1.51. The maximum Gasteiger partial charge on any atom is 0.183 e. The minimum absolute atomic E-state index is 0.333. The highest BCUT2D eigenvalue weighted by atomic mass is 14.9. The number of nitrogens with two attached hydrogens (primary N) is 2. The van der Waals surface area contributed by atoms with Gasteiger partial charge in [0.2, 0.25) is 0 Å². The van der Waals surface area contributed by atoms with Gasteiger partial charge < -0.3 is 11.5 Å².